The monoisotopic (exact) mass is 330 g/mol. The predicted octanol–water partition coefficient (Wildman–Crippen LogP) is 5.17. The van der Waals surface area contributed by atoms with Crippen LogP contribution in [0.2, 0.25) is 10.3 Å². The van der Waals surface area contributed by atoms with E-state index >= 15 is 0 Å². The Balaban J connectivity index is 2.08. The first-order chi connectivity index (χ1) is 9.60. The van der Waals surface area contributed by atoms with Crippen molar-refractivity contribution in [3.05, 3.63) is 51.8 Å². The van der Waals surface area contributed by atoms with Crippen LogP contribution < -0.4 is 0 Å². The van der Waals surface area contributed by atoms with Gasteiger partial charge in [0.1, 0.15) is 21.9 Å². The van der Waals surface area contributed by atoms with Crippen LogP contribution in [0, 0.1) is 5.82 Å². The van der Waals surface area contributed by atoms with Crippen molar-refractivity contribution in [3.8, 4) is 0 Å². The number of thioether (sulfide) groups is 1. The second-order valence-corrected chi connectivity index (χ2v) is 5.96. The molecular weight excluding hydrogens is 318 g/mol. The molecule has 0 aliphatic rings. The molecule has 0 radical (unpaired) electrons. The molecule has 2 nitrogen and oxygen atoms in total. The summed E-state index contributed by atoms with van der Waals surface area (Å²) in [5, 5.41) is 0.836. The number of rotatable bonds is 5. The molecule has 0 aliphatic carbocycles. The first-order valence-electron chi connectivity index (χ1n) is 6.19. The first-order valence-corrected chi connectivity index (χ1v) is 7.93. The van der Waals surface area contributed by atoms with Crippen LogP contribution in [-0.4, -0.2) is 9.97 Å². The van der Waals surface area contributed by atoms with Crippen molar-refractivity contribution in [2.45, 2.75) is 30.4 Å². The molecule has 20 heavy (non-hydrogen) atoms. The van der Waals surface area contributed by atoms with Crippen molar-refractivity contribution in [3.63, 3.8) is 0 Å². The summed E-state index contributed by atoms with van der Waals surface area (Å²) in [6, 6.07) is 6.28. The Hall–Kier alpha value is -0.840. The summed E-state index contributed by atoms with van der Waals surface area (Å²) in [5.74, 6) is 0.868. The number of hydrogen-bond acceptors (Lipinski definition) is 3. The van der Waals surface area contributed by atoms with E-state index in [9.17, 15) is 4.39 Å². The minimum atomic E-state index is -0.249. The summed E-state index contributed by atoms with van der Waals surface area (Å²) >= 11 is 13.8. The average Bonchev–Trinajstić information content (AvgIpc) is 2.42. The molecule has 2 aromatic rings. The zero-order valence-electron chi connectivity index (χ0n) is 10.9. The van der Waals surface area contributed by atoms with Crippen molar-refractivity contribution >= 4 is 35.0 Å². The minimum absolute atomic E-state index is 0.249. The maximum absolute atomic E-state index is 12.8. The van der Waals surface area contributed by atoms with Crippen LogP contribution in [0.25, 0.3) is 0 Å². The van der Waals surface area contributed by atoms with Gasteiger partial charge in [-0.3, -0.25) is 0 Å². The Labute approximate surface area is 131 Å². The molecule has 106 valence electrons. The van der Waals surface area contributed by atoms with Crippen LogP contribution >= 0.6 is 35.0 Å². The van der Waals surface area contributed by atoms with Crippen LogP contribution in [0.15, 0.2) is 29.2 Å². The lowest BCUT2D eigenvalue weighted by Gasteiger charge is -2.07. The summed E-state index contributed by atoms with van der Waals surface area (Å²) in [5.41, 5.74) is 0.798. The minimum Gasteiger partial charge on any atom is -0.220 e. The number of benzene rings is 1. The van der Waals surface area contributed by atoms with Crippen LogP contribution in [0.5, 0.6) is 0 Å². The molecule has 0 N–H and O–H groups in total. The van der Waals surface area contributed by atoms with Gasteiger partial charge >= 0.3 is 0 Å². The molecule has 0 aliphatic heterocycles. The Morgan fingerprint density at radius 2 is 1.70 bits per heavy atom. The SMILES string of the molecule is CCCc1c(Cl)nc(CSc2ccc(F)cc2)nc1Cl. The highest BCUT2D eigenvalue weighted by Gasteiger charge is 2.11. The molecule has 0 amide bonds. The van der Waals surface area contributed by atoms with Gasteiger partial charge in [0, 0.05) is 10.5 Å². The summed E-state index contributed by atoms with van der Waals surface area (Å²) in [7, 11) is 0. The zero-order valence-corrected chi connectivity index (χ0v) is 13.2. The molecule has 1 heterocycles. The number of halogens is 3. The normalized spacial score (nSPS) is 10.8. The summed E-state index contributed by atoms with van der Waals surface area (Å²) < 4.78 is 12.8. The topological polar surface area (TPSA) is 25.8 Å². The van der Waals surface area contributed by atoms with Gasteiger partial charge in [-0.2, -0.15) is 0 Å². The molecule has 0 unspecified atom stereocenters. The molecular formula is C14H13Cl2FN2S. The highest BCUT2D eigenvalue weighted by atomic mass is 35.5. The average molecular weight is 331 g/mol. The fourth-order valence-corrected chi connectivity index (χ4v) is 3.04. The van der Waals surface area contributed by atoms with Crippen molar-refractivity contribution in [2.24, 2.45) is 0 Å². The third kappa shape index (κ3) is 4.08. The summed E-state index contributed by atoms with van der Waals surface area (Å²) in [6.45, 7) is 2.05. The van der Waals surface area contributed by atoms with Crippen molar-refractivity contribution in [1.82, 2.24) is 9.97 Å². The predicted molar refractivity (Wildman–Crippen MR) is 82.0 cm³/mol. The van der Waals surface area contributed by atoms with E-state index in [0.717, 1.165) is 23.3 Å². The zero-order chi connectivity index (χ0) is 14.5. The Morgan fingerprint density at radius 1 is 1.10 bits per heavy atom. The van der Waals surface area contributed by atoms with Gasteiger partial charge < -0.3 is 0 Å². The van der Waals surface area contributed by atoms with Crippen LogP contribution in [-0.2, 0) is 12.2 Å². The van der Waals surface area contributed by atoms with Crippen molar-refractivity contribution < 1.29 is 4.39 Å². The maximum atomic E-state index is 12.8. The number of aromatic nitrogens is 2. The summed E-state index contributed by atoms with van der Waals surface area (Å²) in [6.07, 6.45) is 1.70. The Kier molecular flexibility index (Phi) is 5.64. The van der Waals surface area contributed by atoms with Crippen LogP contribution in [0.3, 0.4) is 0 Å². The molecule has 1 aromatic heterocycles. The molecule has 0 fully saturated rings. The van der Waals surface area contributed by atoms with Gasteiger partial charge in [-0.25, -0.2) is 14.4 Å². The highest BCUT2D eigenvalue weighted by molar-refractivity contribution is 7.98. The lowest BCUT2D eigenvalue weighted by Crippen LogP contribution is -1.99. The number of hydrogen-bond donors (Lipinski definition) is 0. The van der Waals surface area contributed by atoms with E-state index in [1.54, 1.807) is 12.1 Å². The third-order valence-corrected chi connectivity index (χ3v) is 4.27. The molecule has 0 saturated heterocycles. The van der Waals surface area contributed by atoms with E-state index in [-0.39, 0.29) is 5.82 Å². The summed E-state index contributed by atoms with van der Waals surface area (Å²) in [4.78, 5) is 9.46. The molecule has 1 aromatic carbocycles. The second-order valence-electron chi connectivity index (χ2n) is 4.19. The van der Waals surface area contributed by atoms with Crippen molar-refractivity contribution in [1.29, 1.82) is 0 Å². The van der Waals surface area contributed by atoms with Gasteiger partial charge in [0.25, 0.3) is 0 Å². The largest absolute Gasteiger partial charge is 0.220 e. The molecule has 6 heteroatoms. The molecule has 0 spiro atoms. The third-order valence-electron chi connectivity index (χ3n) is 2.63. The molecule has 0 bridgehead atoms. The standard InChI is InChI=1S/C14H13Cl2FN2S/c1-2-3-11-13(15)18-12(19-14(11)16)8-20-10-6-4-9(17)5-7-10/h4-7H,2-3,8H2,1H3. The fourth-order valence-electron chi connectivity index (χ4n) is 1.67. The van der Waals surface area contributed by atoms with E-state index in [4.69, 9.17) is 23.2 Å². The van der Waals surface area contributed by atoms with E-state index in [0.29, 0.717) is 21.9 Å². The van der Waals surface area contributed by atoms with Gasteiger partial charge in [-0.05, 0) is 30.7 Å². The fraction of sp³-hybridized carbons (Fsp3) is 0.286. The highest BCUT2D eigenvalue weighted by Crippen LogP contribution is 2.26. The van der Waals surface area contributed by atoms with Gasteiger partial charge in [0.15, 0.2) is 0 Å². The van der Waals surface area contributed by atoms with Gasteiger partial charge in [-0.15, -0.1) is 11.8 Å². The lowest BCUT2D eigenvalue weighted by molar-refractivity contribution is 0.626. The van der Waals surface area contributed by atoms with Gasteiger partial charge in [-0.1, -0.05) is 36.5 Å². The van der Waals surface area contributed by atoms with E-state index < -0.39 is 0 Å². The molecule has 0 atom stereocenters. The maximum Gasteiger partial charge on any atom is 0.142 e. The quantitative estimate of drug-likeness (QED) is 0.558. The number of nitrogens with zero attached hydrogens (tertiary/aromatic N) is 2. The van der Waals surface area contributed by atoms with Crippen LogP contribution in [0.1, 0.15) is 24.7 Å². The molecule has 2 rings (SSSR count). The first kappa shape index (κ1) is 15.5. The lowest BCUT2D eigenvalue weighted by atomic mass is 10.2. The van der Waals surface area contributed by atoms with Crippen LogP contribution in [0.4, 0.5) is 4.39 Å². The van der Waals surface area contributed by atoms with E-state index in [1.807, 2.05) is 6.92 Å². The molecule has 0 saturated carbocycles. The van der Waals surface area contributed by atoms with E-state index in [2.05, 4.69) is 9.97 Å². The smallest absolute Gasteiger partial charge is 0.142 e. The van der Waals surface area contributed by atoms with Gasteiger partial charge in [0.05, 0.1) is 5.75 Å². The van der Waals surface area contributed by atoms with Gasteiger partial charge in [0.2, 0.25) is 0 Å². The van der Waals surface area contributed by atoms with E-state index in [1.165, 1.54) is 23.9 Å². The Morgan fingerprint density at radius 3 is 2.25 bits per heavy atom. The second kappa shape index (κ2) is 7.25. The Bertz CT molecular complexity index is 567. The van der Waals surface area contributed by atoms with Crippen molar-refractivity contribution in [2.75, 3.05) is 0 Å².